The first kappa shape index (κ1) is 16.2. The van der Waals surface area contributed by atoms with Crippen LogP contribution in [0.3, 0.4) is 0 Å². The fourth-order valence-corrected chi connectivity index (χ4v) is 4.29. The van der Waals surface area contributed by atoms with E-state index in [0.717, 1.165) is 12.1 Å². The summed E-state index contributed by atoms with van der Waals surface area (Å²) >= 11 is 1.58. The highest BCUT2D eigenvalue weighted by atomic mass is 32.1. The van der Waals surface area contributed by atoms with Crippen LogP contribution in [0.25, 0.3) is 0 Å². The zero-order valence-corrected chi connectivity index (χ0v) is 14.8. The first-order valence-electron chi connectivity index (χ1n) is 8.18. The molecule has 7 nitrogen and oxygen atoms in total. The van der Waals surface area contributed by atoms with Crippen LogP contribution < -0.4 is 4.90 Å². The van der Waals surface area contributed by atoms with Crippen molar-refractivity contribution >= 4 is 28.8 Å². The fraction of sp³-hybridized carbons (Fsp3) is 0.412. The van der Waals surface area contributed by atoms with Gasteiger partial charge in [0.15, 0.2) is 0 Å². The lowest BCUT2D eigenvalue weighted by molar-refractivity contribution is -0.123. The molecular weight excluding hydrogens is 338 g/mol. The third-order valence-electron chi connectivity index (χ3n) is 5.16. The van der Waals surface area contributed by atoms with E-state index < -0.39 is 0 Å². The molecule has 0 N–H and O–H groups in total. The van der Waals surface area contributed by atoms with E-state index in [-0.39, 0.29) is 17.4 Å². The Morgan fingerprint density at radius 1 is 1.32 bits per heavy atom. The van der Waals surface area contributed by atoms with Crippen molar-refractivity contribution in [3.05, 3.63) is 41.1 Å². The van der Waals surface area contributed by atoms with E-state index in [2.05, 4.69) is 14.9 Å². The molecule has 1 unspecified atom stereocenters. The van der Waals surface area contributed by atoms with E-state index in [1.54, 1.807) is 17.5 Å². The van der Waals surface area contributed by atoms with Gasteiger partial charge in [-0.2, -0.15) is 11.3 Å². The highest BCUT2D eigenvalue weighted by molar-refractivity contribution is 7.08. The minimum atomic E-state index is -0.215. The zero-order chi connectivity index (χ0) is 17.4. The Morgan fingerprint density at radius 3 is 2.92 bits per heavy atom. The molecule has 130 valence electrons. The van der Waals surface area contributed by atoms with Crippen molar-refractivity contribution < 1.29 is 9.59 Å². The van der Waals surface area contributed by atoms with Gasteiger partial charge in [-0.1, -0.05) is 0 Å². The van der Waals surface area contributed by atoms with Crippen LogP contribution in [0.15, 0.2) is 35.4 Å². The Hall–Kier alpha value is -2.32. The maximum absolute atomic E-state index is 12.7. The summed E-state index contributed by atoms with van der Waals surface area (Å²) in [6, 6.07) is 1.97. The molecule has 0 aliphatic carbocycles. The van der Waals surface area contributed by atoms with E-state index in [1.165, 1.54) is 12.4 Å². The number of rotatable bonds is 2. The lowest BCUT2D eigenvalue weighted by Crippen LogP contribution is -2.64. The fourth-order valence-electron chi connectivity index (χ4n) is 3.65. The number of carbonyl (C=O) groups excluding carboxylic acids is 2. The summed E-state index contributed by atoms with van der Waals surface area (Å²) in [5.41, 5.74) is 1.10. The molecule has 2 aliphatic rings. The standard InChI is InChI=1S/C17H19N5O2S/c1-20-9-15(23)22(13-2-7-25-10-13)12-17(20)3-6-21(11-17)16(24)14-8-18-4-5-19-14/h2,4-5,7-8,10H,3,6,9,11-12H2,1H3. The summed E-state index contributed by atoms with van der Waals surface area (Å²) in [6.07, 6.45) is 5.42. The highest BCUT2D eigenvalue weighted by Crippen LogP contribution is 2.34. The van der Waals surface area contributed by atoms with Crippen LogP contribution >= 0.6 is 11.3 Å². The average molecular weight is 357 g/mol. The highest BCUT2D eigenvalue weighted by Gasteiger charge is 2.48. The molecule has 2 aromatic heterocycles. The van der Waals surface area contributed by atoms with E-state index in [0.29, 0.717) is 31.9 Å². The maximum atomic E-state index is 12.7. The van der Waals surface area contributed by atoms with Gasteiger partial charge in [0.1, 0.15) is 5.69 Å². The van der Waals surface area contributed by atoms with Crippen LogP contribution in [-0.2, 0) is 4.79 Å². The SMILES string of the molecule is CN1CC(=O)N(c2ccsc2)CC12CCN(C(=O)c1cnccn1)C2. The molecule has 2 saturated heterocycles. The Balaban J connectivity index is 1.55. The number of likely N-dealkylation sites (N-methyl/N-ethyl adjacent to an activating group) is 1. The lowest BCUT2D eigenvalue weighted by Gasteiger charge is -2.46. The number of hydrogen-bond acceptors (Lipinski definition) is 6. The molecule has 1 spiro atoms. The van der Waals surface area contributed by atoms with Gasteiger partial charge in [0.2, 0.25) is 5.91 Å². The molecule has 25 heavy (non-hydrogen) atoms. The van der Waals surface area contributed by atoms with Gasteiger partial charge in [-0.25, -0.2) is 4.98 Å². The van der Waals surface area contributed by atoms with Gasteiger partial charge < -0.3 is 9.80 Å². The van der Waals surface area contributed by atoms with Gasteiger partial charge in [-0.3, -0.25) is 19.5 Å². The number of likely N-dealkylation sites (tertiary alicyclic amines) is 1. The quantitative estimate of drug-likeness (QED) is 0.805. The second-order valence-electron chi connectivity index (χ2n) is 6.61. The van der Waals surface area contributed by atoms with Crippen LogP contribution in [-0.4, -0.2) is 70.3 Å². The van der Waals surface area contributed by atoms with E-state index in [4.69, 9.17) is 0 Å². The molecular formula is C17H19N5O2S. The average Bonchev–Trinajstić information content (AvgIpc) is 3.29. The largest absolute Gasteiger partial charge is 0.335 e. The summed E-state index contributed by atoms with van der Waals surface area (Å²) in [4.78, 5) is 39.0. The topological polar surface area (TPSA) is 69.6 Å². The third-order valence-corrected chi connectivity index (χ3v) is 5.83. The number of nitrogens with zero attached hydrogens (tertiary/aromatic N) is 5. The Labute approximate surface area is 149 Å². The summed E-state index contributed by atoms with van der Waals surface area (Å²) in [5, 5.41) is 3.97. The van der Waals surface area contributed by atoms with Crippen molar-refractivity contribution in [3.8, 4) is 0 Å². The van der Waals surface area contributed by atoms with Crippen molar-refractivity contribution in [3.63, 3.8) is 0 Å². The van der Waals surface area contributed by atoms with Gasteiger partial charge in [-0.15, -0.1) is 0 Å². The smallest absolute Gasteiger partial charge is 0.274 e. The number of hydrogen-bond donors (Lipinski definition) is 0. The number of amides is 2. The molecule has 2 aliphatic heterocycles. The molecule has 4 heterocycles. The van der Waals surface area contributed by atoms with E-state index in [9.17, 15) is 9.59 Å². The van der Waals surface area contributed by atoms with E-state index in [1.807, 2.05) is 33.7 Å². The molecule has 4 rings (SSSR count). The molecule has 2 aromatic rings. The first-order chi connectivity index (χ1) is 12.1. The van der Waals surface area contributed by atoms with Crippen LogP contribution in [0.5, 0.6) is 0 Å². The van der Waals surface area contributed by atoms with Crippen molar-refractivity contribution in [2.45, 2.75) is 12.0 Å². The van der Waals surface area contributed by atoms with Crippen molar-refractivity contribution in [2.24, 2.45) is 0 Å². The van der Waals surface area contributed by atoms with Crippen molar-refractivity contribution in [1.29, 1.82) is 0 Å². The Kier molecular flexibility index (Phi) is 4.01. The molecule has 2 amide bonds. The Morgan fingerprint density at radius 2 is 2.20 bits per heavy atom. The minimum absolute atomic E-state index is 0.0997. The van der Waals surface area contributed by atoms with Gasteiger partial charge in [-0.05, 0) is 24.9 Å². The predicted octanol–water partition coefficient (Wildman–Crippen LogP) is 1.10. The normalized spacial score (nSPS) is 24.3. The van der Waals surface area contributed by atoms with Gasteiger partial charge in [0.25, 0.3) is 5.91 Å². The summed E-state index contributed by atoms with van der Waals surface area (Å²) in [7, 11) is 1.97. The predicted molar refractivity (Wildman–Crippen MR) is 94.6 cm³/mol. The first-order valence-corrected chi connectivity index (χ1v) is 9.12. The van der Waals surface area contributed by atoms with Gasteiger partial charge in [0, 0.05) is 37.4 Å². The number of thiophene rings is 1. The monoisotopic (exact) mass is 357 g/mol. The molecule has 0 saturated carbocycles. The summed E-state index contributed by atoms with van der Waals surface area (Å²) in [5.74, 6) is 0.00239. The molecule has 2 fully saturated rings. The van der Waals surface area contributed by atoms with Crippen LogP contribution in [0.4, 0.5) is 5.69 Å². The molecule has 0 aromatic carbocycles. The van der Waals surface area contributed by atoms with Crippen LogP contribution in [0.2, 0.25) is 0 Å². The van der Waals surface area contributed by atoms with Gasteiger partial charge in [0.05, 0.1) is 24.0 Å². The summed E-state index contributed by atoms with van der Waals surface area (Å²) < 4.78 is 0. The molecule has 0 bridgehead atoms. The minimum Gasteiger partial charge on any atom is -0.335 e. The zero-order valence-electron chi connectivity index (χ0n) is 14.0. The van der Waals surface area contributed by atoms with Crippen LogP contribution in [0.1, 0.15) is 16.9 Å². The second-order valence-corrected chi connectivity index (χ2v) is 7.39. The molecule has 8 heteroatoms. The van der Waals surface area contributed by atoms with E-state index >= 15 is 0 Å². The Bertz CT molecular complexity index is 782. The molecule has 1 atom stereocenters. The number of piperazine rings is 1. The third kappa shape index (κ3) is 2.81. The van der Waals surface area contributed by atoms with Crippen LogP contribution in [0, 0.1) is 0 Å². The molecule has 0 radical (unpaired) electrons. The number of aromatic nitrogens is 2. The van der Waals surface area contributed by atoms with Gasteiger partial charge >= 0.3 is 0 Å². The number of carbonyl (C=O) groups is 2. The maximum Gasteiger partial charge on any atom is 0.274 e. The van der Waals surface area contributed by atoms with Crippen molar-refractivity contribution in [1.82, 2.24) is 19.8 Å². The summed E-state index contributed by atoms with van der Waals surface area (Å²) in [6.45, 7) is 2.21. The van der Waals surface area contributed by atoms with Crippen molar-refractivity contribution in [2.75, 3.05) is 38.1 Å². The second kappa shape index (κ2) is 6.20. The lowest BCUT2D eigenvalue weighted by atomic mass is 9.93. The number of anilines is 1.